The van der Waals surface area contributed by atoms with Gasteiger partial charge in [-0.05, 0) is 69.1 Å². The van der Waals surface area contributed by atoms with E-state index in [1.807, 2.05) is 4.90 Å². The van der Waals surface area contributed by atoms with Crippen molar-refractivity contribution in [2.24, 2.45) is 23.7 Å². The molecule has 2 N–H and O–H groups in total. The fraction of sp³-hybridized carbons (Fsp3) is 0.857. The maximum Gasteiger partial charge on any atom is 0.229 e. The molecule has 5 saturated carbocycles. The van der Waals surface area contributed by atoms with Crippen molar-refractivity contribution in [2.75, 3.05) is 13.1 Å². The van der Waals surface area contributed by atoms with Gasteiger partial charge < -0.3 is 15.5 Å². The molecule has 6 nitrogen and oxygen atoms in total. The molecule has 0 aromatic heterocycles. The van der Waals surface area contributed by atoms with Crippen molar-refractivity contribution in [3.63, 3.8) is 0 Å². The molecule has 1 heterocycles. The van der Waals surface area contributed by atoms with Gasteiger partial charge in [-0.2, -0.15) is 0 Å². The molecular formula is C21H31N3O3. The standard InChI is InChI=1S/C21H31N3O3/c25-18(22-11-16-6-20(27)24(12-16)17-1-2-17)7-19(26)23-21-8-13-3-14(9-21)5-15(4-13)10-21/h13-17H,1-12H2,(H,22,25)(H,23,26)/t13?,14?,15?,16-,21?/m0/s1. The van der Waals surface area contributed by atoms with E-state index in [1.165, 1.54) is 19.3 Å². The van der Waals surface area contributed by atoms with Crippen LogP contribution in [0, 0.1) is 23.7 Å². The van der Waals surface area contributed by atoms with Crippen molar-refractivity contribution in [1.82, 2.24) is 15.5 Å². The average Bonchev–Trinajstić information content (AvgIpc) is 3.34. The molecule has 27 heavy (non-hydrogen) atoms. The zero-order valence-electron chi connectivity index (χ0n) is 16.0. The third-order valence-electron chi connectivity index (χ3n) is 7.58. The Morgan fingerprint density at radius 1 is 1.00 bits per heavy atom. The molecule has 148 valence electrons. The fourth-order valence-electron chi connectivity index (χ4n) is 6.75. The van der Waals surface area contributed by atoms with Crippen molar-refractivity contribution in [2.45, 2.75) is 75.8 Å². The number of likely N-dealkylation sites (tertiary alicyclic amines) is 1. The zero-order valence-corrected chi connectivity index (χ0v) is 16.0. The van der Waals surface area contributed by atoms with E-state index in [0.29, 0.717) is 19.0 Å². The van der Waals surface area contributed by atoms with E-state index < -0.39 is 0 Å². The Labute approximate surface area is 160 Å². The summed E-state index contributed by atoms with van der Waals surface area (Å²) in [6, 6.07) is 0.448. The number of rotatable bonds is 6. The van der Waals surface area contributed by atoms with Gasteiger partial charge in [-0.15, -0.1) is 0 Å². The van der Waals surface area contributed by atoms with Gasteiger partial charge in [0.1, 0.15) is 6.42 Å². The number of carbonyl (C=O) groups excluding carboxylic acids is 3. The van der Waals surface area contributed by atoms with Crippen LogP contribution in [-0.4, -0.2) is 47.3 Å². The molecule has 0 aromatic rings. The lowest BCUT2D eigenvalue weighted by Crippen LogP contribution is -2.60. The summed E-state index contributed by atoms with van der Waals surface area (Å²) in [5.74, 6) is 2.40. The van der Waals surface area contributed by atoms with Crippen LogP contribution in [0.3, 0.4) is 0 Å². The van der Waals surface area contributed by atoms with Gasteiger partial charge >= 0.3 is 0 Å². The Hall–Kier alpha value is -1.59. The van der Waals surface area contributed by atoms with Gasteiger partial charge in [-0.25, -0.2) is 0 Å². The van der Waals surface area contributed by atoms with Crippen molar-refractivity contribution in [3.05, 3.63) is 0 Å². The summed E-state index contributed by atoms with van der Waals surface area (Å²) in [6.07, 6.45) is 10.0. The number of hydrogen-bond donors (Lipinski definition) is 2. The molecule has 0 spiro atoms. The van der Waals surface area contributed by atoms with Crippen LogP contribution in [-0.2, 0) is 14.4 Å². The lowest BCUT2D eigenvalue weighted by Gasteiger charge is -2.56. The second-order valence-corrected chi connectivity index (χ2v) is 10.1. The summed E-state index contributed by atoms with van der Waals surface area (Å²) in [4.78, 5) is 38.7. The molecule has 1 saturated heterocycles. The van der Waals surface area contributed by atoms with E-state index in [0.717, 1.165) is 56.4 Å². The molecule has 0 radical (unpaired) electrons. The molecule has 6 fully saturated rings. The quantitative estimate of drug-likeness (QED) is 0.694. The molecule has 6 aliphatic rings. The minimum absolute atomic E-state index is 0.0330. The van der Waals surface area contributed by atoms with E-state index in [4.69, 9.17) is 0 Å². The first-order valence-electron chi connectivity index (χ1n) is 10.9. The van der Waals surface area contributed by atoms with Gasteiger partial charge in [0.05, 0.1) is 0 Å². The van der Waals surface area contributed by atoms with Crippen LogP contribution in [0.2, 0.25) is 0 Å². The van der Waals surface area contributed by atoms with Crippen LogP contribution >= 0.6 is 0 Å². The zero-order chi connectivity index (χ0) is 18.6. The first kappa shape index (κ1) is 17.5. The molecule has 3 amide bonds. The Kier molecular flexibility index (Phi) is 4.21. The topological polar surface area (TPSA) is 78.5 Å². The maximum atomic E-state index is 12.5. The lowest BCUT2D eigenvalue weighted by atomic mass is 9.53. The van der Waals surface area contributed by atoms with E-state index in [-0.39, 0.29) is 35.6 Å². The molecule has 6 rings (SSSR count). The predicted molar refractivity (Wildman–Crippen MR) is 99.5 cm³/mol. The molecule has 1 atom stereocenters. The third kappa shape index (κ3) is 3.59. The second kappa shape index (κ2) is 6.49. The smallest absolute Gasteiger partial charge is 0.229 e. The van der Waals surface area contributed by atoms with Gasteiger partial charge in [-0.3, -0.25) is 14.4 Å². The minimum Gasteiger partial charge on any atom is -0.355 e. The summed E-state index contributed by atoms with van der Waals surface area (Å²) in [5.41, 5.74) is -0.0330. The number of amides is 3. The molecule has 0 aromatic carbocycles. The molecule has 5 aliphatic carbocycles. The van der Waals surface area contributed by atoms with Crippen molar-refractivity contribution in [1.29, 1.82) is 0 Å². The Morgan fingerprint density at radius 2 is 1.63 bits per heavy atom. The molecule has 0 unspecified atom stereocenters. The lowest BCUT2D eigenvalue weighted by molar-refractivity contribution is -0.133. The summed E-state index contributed by atoms with van der Waals surface area (Å²) >= 11 is 0. The van der Waals surface area contributed by atoms with Crippen molar-refractivity contribution in [3.8, 4) is 0 Å². The highest BCUT2D eigenvalue weighted by molar-refractivity contribution is 5.97. The van der Waals surface area contributed by atoms with E-state index in [1.54, 1.807) is 0 Å². The Morgan fingerprint density at radius 3 is 2.22 bits per heavy atom. The highest BCUT2D eigenvalue weighted by Gasteiger charge is 2.51. The first-order valence-corrected chi connectivity index (χ1v) is 10.9. The van der Waals surface area contributed by atoms with E-state index in [2.05, 4.69) is 10.6 Å². The summed E-state index contributed by atoms with van der Waals surface area (Å²) in [7, 11) is 0. The van der Waals surface area contributed by atoms with Crippen LogP contribution in [0.4, 0.5) is 0 Å². The van der Waals surface area contributed by atoms with Crippen LogP contribution in [0.25, 0.3) is 0 Å². The normalized spacial score (nSPS) is 39.7. The average molecular weight is 373 g/mol. The van der Waals surface area contributed by atoms with E-state index in [9.17, 15) is 14.4 Å². The van der Waals surface area contributed by atoms with Crippen LogP contribution in [0.5, 0.6) is 0 Å². The predicted octanol–water partition coefficient (Wildman–Crippen LogP) is 1.59. The van der Waals surface area contributed by atoms with Crippen LogP contribution in [0.15, 0.2) is 0 Å². The largest absolute Gasteiger partial charge is 0.355 e. The van der Waals surface area contributed by atoms with Crippen molar-refractivity contribution >= 4 is 17.7 Å². The molecule has 6 heteroatoms. The molecular weight excluding hydrogens is 342 g/mol. The van der Waals surface area contributed by atoms with Gasteiger partial charge in [0.2, 0.25) is 17.7 Å². The summed E-state index contributed by atoms with van der Waals surface area (Å²) in [5, 5.41) is 6.14. The number of nitrogens with zero attached hydrogens (tertiary/aromatic N) is 1. The highest BCUT2D eigenvalue weighted by Crippen LogP contribution is 2.55. The van der Waals surface area contributed by atoms with Crippen LogP contribution < -0.4 is 10.6 Å². The second-order valence-electron chi connectivity index (χ2n) is 10.1. The summed E-state index contributed by atoms with van der Waals surface area (Å²) in [6.45, 7) is 1.25. The third-order valence-corrected chi connectivity index (χ3v) is 7.58. The highest BCUT2D eigenvalue weighted by atomic mass is 16.2. The molecule has 4 bridgehead atoms. The summed E-state index contributed by atoms with van der Waals surface area (Å²) < 4.78 is 0. The number of hydrogen-bond acceptors (Lipinski definition) is 3. The van der Waals surface area contributed by atoms with E-state index >= 15 is 0 Å². The Balaban J connectivity index is 1.08. The fourth-order valence-corrected chi connectivity index (χ4v) is 6.75. The van der Waals surface area contributed by atoms with Gasteiger partial charge in [-0.1, -0.05) is 0 Å². The monoisotopic (exact) mass is 373 g/mol. The van der Waals surface area contributed by atoms with Crippen molar-refractivity contribution < 1.29 is 14.4 Å². The number of carbonyl (C=O) groups is 3. The minimum atomic E-state index is -0.213. The van der Waals surface area contributed by atoms with Gasteiger partial charge in [0.15, 0.2) is 0 Å². The Bertz CT molecular complexity index is 622. The van der Waals surface area contributed by atoms with Gasteiger partial charge in [0, 0.05) is 37.0 Å². The SMILES string of the molecule is O=C(CC(=O)NC12CC3CC(CC(C3)C1)C2)NC[C@@H]1CC(=O)N(C2CC2)C1. The first-order chi connectivity index (χ1) is 13.0. The number of nitrogens with one attached hydrogen (secondary N) is 2. The molecule has 1 aliphatic heterocycles. The van der Waals surface area contributed by atoms with Crippen LogP contribution in [0.1, 0.15) is 64.2 Å². The van der Waals surface area contributed by atoms with Gasteiger partial charge in [0.25, 0.3) is 0 Å². The maximum absolute atomic E-state index is 12.5.